The second-order valence-corrected chi connectivity index (χ2v) is 6.59. The summed E-state index contributed by atoms with van der Waals surface area (Å²) in [7, 11) is 0. The van der Waals surface area contributed by atoms with E-state index in [4.69, 9.17) is 9.26 Å². The summed E-state index contributed by atoms with van der Waals surface area (Å²) in [6.45, 7) is 2.95. The predicted molar refractivity (Wildman–Crippen MR) is 94.1 cm³/mol. The van der Waals surface area contributed by atoms with Crippen LogP contribution in [0.4, 0.5) is 4.39 Å². The number of hydrogen-bond donors (Lipinski definition) is 0. The minimum Gasteiger partial charge on any atom is -0.491 e. The maximum absolute atomic E-state index is 13.0. The summed E-state index contributed by atoms with van der Waals surface area (Å²) < 4.78 is 25.1. The van der Waals surface area contributed by atoms with Gasteiger partial charge in [0.15, 0.2) is 11.5 Å². The van der Waals surface area contributed by atoms with E-state index in [2.05, 4.69) is 20.5 Å². The van der Waals surface area contributed by atoms with Crippen molar-refractivity contribution in [1.82, 2.24) is 30.0 Å². The van der Waals surface area contributed by atoms with E-state index in [1.165, 1.54) is 16.8 Å². The van der Waals surface area contributed by atoms with Crippen molar-refractivity contribution in [2.24, 2.45) is 0 Å². The zero-order valence-corrected chi connectivity index (χ0v) is 15.3. The van der Waals surface area contributed by atoms with E-state index in [1.54, 1.807) is 30.2 Å². The number of aryl methyl sites for hydroxylation is 1. The molecule has 3 aromatic rings. The Kier molecular flexibility index (Phi) is 5.00. The SMILES string of the molecule is Cc1nc(Cn2cc(C(=O)N3CCCC3COc3ccc(F)cc3)nn2)no1. The number of benzene rings is 1. The van der Waals surface area contributed by atoms with Gasteiger partial charge in [-0.25, -0.2) is 9.07 Å². The van der Waals surface area contributed by atoms with E-state index in [1.807, 2.05) is 0 Å². The Morgan fingerprint density at radius 1 is 1.36 bits per heavy atom. The molecule has 1 saturated heterocycles. The number of amides is 1. The Morgan fingerprint density at radius 2 is 2.18 bits per heavy atom. The van der Waals surface area contributed by atoms with Crippen molar-refractivity contribution in [3.63, 3.8) is 0 Å². The number of rotatable bonds is 6. The lowest BCUT2D eigenvalue weighted by molar-refractivity contribution is 0.0685. The summed E-state index contributed by atoms with van der Waals surface area (Å²) in [6, 6.07) is 5.76. The Balaban J connectivity index is 1.38. The van der Waals surface area contributed by atoms with Crippen LogP contribution in [-0.4, -0.2) is 55.1 Å². The number of carbonyl (C=O) groups excluding carboxylic acids is 1. The van der Waals surface area contributed by atoms with Crippen LogP contribution in [-0.2, 0) is 6.54 Å². The minimum atomic E-state index is -0.316. The maximum atomic E-state index is 13.0. The standard InChI is InChI=1S/C18H19FN6O3/c1-12-20-17(22-28-12)10-24-9-16(21-23-24)18(26)25-8-2-3-14(25)11-27-15-6-4-13(19)5-7-15/h4-7,9,14H,2-3,8,10-11H2,1H3. The van der Waals surface area contributed by atoms with Crippen LogP contribution in [0.2, 0.25) is 0 Å². The van der Waals surface area contributed by atoms with Crippen molar-refractivity contribution in [2.75, 3.05) is 13.2 Å². The van der Waals surface area contributed by atoms with Crippen molar-refractivity contribution in [1.29, 1.82) is 0 Å². The molecule has 10 heteroatoms. The molecular formula is C18H19FN6O3. The van der Waals surface area contributed by atoms with E-state index in [0.717, 1.165) is 12.8 Å². The fourth-order valence-corrected chi connectivity index (χ4v) is 3.17. The number of nitrogens with zero attached hydrogens (tertiary/aromatic N) is 6. The summed E-state index contributed by atoms with van der Waals surface area (Å²) in [4.78, 5) is 18.7. The molecule has 1 atom stereocenters. The molecule has 0 saturated carbocycles. The first kappa shape index (κ1) is 18.1. The number of ether oxygens (including phenoxy) is 1. The molecular weight excluding hydrogens is 367 g/mol. The first-order chi connectivity index (χ1) is 13.6. The van der Waals surface area contributed by atoms with Crippen molar-refractivity contribution in [2.45, 2.75) is 32.4 Å². The molecule has 1 aliphatic rings. The van der Waals surface area contributed by atoms with Gasteiger partial charge in [0, 0.05) is 13.5 Å². The monoisotopic (exact) mass is 386 g/mol. The third-order valence-electron chi connectivity index (χ3n) is 4.52. The fourth-order valence-electron chi connectivity index (χ4n) is 3.17. The summed E-state index contributed by atoms with van der Waals surface area (Å²) in [5.41, 5.74) is 0.258. The average Bonchev–Trinajstić information content (AvgIpc) is 3.42. The quantitative estimate of drug-likeness (QED) is 0.637. The normalized spacial score (nSPS) is 16.5. The molecule has 146 valence electrons. The minimum absolute atomic E-state index is 0.0671. The summed E-state index contributed by atoms with van der Waals surface area (Å²) >= 11 is 0. The van der Waals surface area contributed by atoms with E-state index >= 15 is 0 Å². The molecule has 1 fully saturated rings. The number of likely N-dealkylation sites (tertiary alicyclic amines) is 1. The van der Waals surface area contributed by atoms with Gasteiger partial charge in [0.05, 0.1) is 12.2 Å². The van der Waals surface area contributed by atoms with Gasteiger partial charge in [0.25, 0.3) is 5.91 Å². The van der Waals surface area contributed by atoms with Crippen LogP contribution >= 0.6 is 0 Å². The van der Waals surface area contributed by atoms with Crippen LogP contribution in [0.15, 0.2) is 35.0 Å². The van der Waals surface area contributed by atoms with Crippen molar-refractivity contribution in [3.8, 4) is 5.75 Å². The molecule has 0 radical (unpaired) electrons. The zero-order valence-electron chi connectivity index (χ0n) is 15.3. The third-order valence-corrected chi connectivity index (χ3v) is 4.52. The Morgan fingerprint density at radius 3 is 2.93 bits per heavy atom. The third kappa shape index (κ3) is 4.00. The van der Waals surface area contributed by atoms with Crippen LogP contribution in [0.1, 0.15) is 35.0 Å². The van der Waals surface area contributed by atoms with Crippen LogP contribution in [0, 0.1) is 12.7 Å². The second kappa shape index (κ2) is 7.75. The molecule has 4 rings (SSSR count). The first-order valence-electron chi connectivity index (χ1n) is 8.97. The van der Waals surface area contributed by atoms with Crippen LogP contribution < -0.4 is 4.74 Å². The average molecular weight is 386 g/mol. The molecule has 1 amide bonds. The molecule has 2 aromatic heterocycles. The second-order valence-electron chi connectivity index (χ2n) is 6.59. The molecule has 1 unspecified atom stereocenters. The van der Waals surface area contributed by atoms with Gasteiger partial charge in [0.1, 0.15) is 24.7 Å². The molecule has 1 aromatic carbocycles. The van der Waals surface area contributed by atoms with Gasteiger partial charge < -0.3 is 14.2 Å². The highest BCUT2D eigenvalue weighted by molar-refractivity contribution is 5.92. The summed E-state index contributed by atoms with van der Waals surface area (Å²) in [5, 5.41) is 11.8. The van der Waals surface area contributed by atoms with Gasteiger partial charge >= 0.3 is 0 Å². The molecule has 0 spiro atoms. The van der Waals surface area contributed by atoms with E-state index in [9.17, 15) is 9.18 Å². The number of hydrogen-bond acceptors (Lipinski definition) is 7. The smallest absolute Gasteiger partial charge is 0.276 e. The molecule has 0 N–H and O–H groups in total. The van der Waals surface area contributed by atoms with Crippen molar-refractivity contribution < 1.29 is 18.4 Å². The highest BCUT2D eigenvalue weighted by atomic mass is 19.1. The van der Waals surface area contributed by atoms with Crippen molar-refractivity contribution in [3.05, 3.63) is 53.7 Å². The number of halogens is 1. The van der Waals surface area contributed by atoms with Gasteiger partial charge in [-0.1, -0.05) is 10.4 Å². The highest BCUT2D eigenvalue weighted by Gasteiger charge is 2.31. The summed E-state index contributed by atoms with van der Waals surface area (Å²) in [6.07, 6.45) is 3.30. The molecule has 0 aliphatic carbocycles. The van der Waals surface area contributed by atoms with Gasteiger partial charge in [-0.05, 0) is 37.1 Å². The molecule has 9 nitrogen and oxygen atoms in total. The maximum Gasteiger partial charge on any atom is 0.276 e. The van der Waals surface area contributed by atoms with Crippen LogP contribution in [0.3, 0.4) is 0 Å². The fraction of sp³-hybridized carbons (Fsp3) is 0.389. The summed E-state index contributed by atoms with van der Waals surface area (Å²) in [5.74, 6) is 0.993. The van der Waals surface area contributed by atoms with Gasteiger partial charge in [-0.15, -0.1) is 5.10 Å². The predicted octanol–water partition coefficient (Wildman–Crippen LogP) is 1.84. The lowest BCUT2D eigenvalue weighted by Crippen LogP contribution is -2.39. The Hall–Kier alpha value is -3.30. The Labute approximate surface area is 160 Å². The number of carbonyl (C=O) groups is 1. The number of aromatic nitrogens is 5. The molecule has 3 heterocycles. The molecule has 28 heavy (non-hydrogen) atoms. The van der Waals surface area contributed by atoms with Crippen molar-refractivity contribution >= 4 is 5.91 Å². The Bertz CT molecular complexity index is 954. The lowest BCUT2D eigenvalue weighted by atomic mass is 10.2. The van der Waals surface area contributed by atoms with Crippen LogP contribution in [0.25, 0.3) is 0 Å². The van der Waals surface area contributed by atoms with Crippen LogP contribution in [0.5, 0.6) is 5.75 Å². The topological polar surface area (TPSA) is 99.2 Å². The van der Waals surface area contributed by atoms with E-state index < -0.39 is 0 Å². The van der Waals surface area contributed by atoms with E-state index in [-0.39, 0.29) is 30.0 Å². The van der Waals surface area contributed by atoms with Gasteiger partial charge in [-0.3, -0.25) is 4.79 Å². The highest BCUT2D eigenvalue weighted by Crippen LogP contribution is 2.21. The lowest BCUT2D eigenvalue weighted by Gasteiger charge is -2.23. The van der Waals surface area contributed by atoms with E-state index in [0.29, 0.717) is 30.6 Å². The molecule has 0 bridgehead atoms. The van der Waals surface area contributed by atoms with Gasteiger partial charge in [-0.2, -0.15) is 4.98 Å². The first-order valence-corrected chi connectivity index (χ1v) is 8.97. The largest absolute Gasteiger partial charge is 0.491 e. The zero-order chi connectivity index (χ0) is 19.5. The molecule has 1 aliphatic heterocycles. The van der Waals surface area contributed by atoms with Gasteiger partial charge in [0.2, 0.25) is 5.89 Å².